The average molecular weight is 386 g/mol. The molecule has 0 bridgehead atoms. The van der Waals surface area contributed by atoms with Gasteiger partial charge >= 0.3 is 5.97 Å². The van der Waals surface area contributed by atoms with Crippen LogP contribution in [-0.4, -0.2) is 42.2 Å². The number of unbranched alkanes of at least 4 members (excludes halogenated alkanes) is 1. The van der Waals surface area contributed by atoms with Gasteiger partial charge in [-0.15, -0.1) is 11.3 Å². The van der Waals surface area contributed by atoms with Gasteiger partial charge in [-0.05, 0) is 36.8 Å². The summed E-state index contributed by atoms with van der Waals surface area (Å²) < 4.78 is 4.63. The van der Waals surface area contributed by atoms with Gasteiger partial charge in [0.25, 0.3) is 17.7 Å². The Morgan fingerprint density at radius 1 is 1.11 bits per heavy atom. The number of fused-ring (bicyclic) bond motifs is 1. The zero-order chi connectivity index (χ0) is 19.6. The highest BCUT2D eigenvalue weighted by Gasteiger charge is 2.35. The Kier molecular flexibility index (Phi) is 5.36. The molecule has 140 valence electrons. The number of hydrogen-bond acceptors (Lipinski definition) is 6. The molecular formula is C19H18N2O5S. The Hall–Kier alpha value is -3.00. The van der Waals surface area contributed by atoms with E-state index in [-0.39, 0.29) is 22.9 Å². The minimum absolute atomic E-state index is 0.241. The Morgan fingerprint density at radius 3 is 2.56 bits per heavy atom. The molecule has 0 radical (unpaired) electrons. The molecule has 0 fully saturated rings. The first-order valence-electron chi connectivity index (χ1n) is 8.46. The smallest absolute Gasteiger partial charge is 0.348 e. The maximum absolute atomic E-state index is 12.5. The van der Waals surface area contributed by atoms with Crippen LogP contribution in [0.2, 0.25) is 0 Å². The van der Waals surface area contributed by atoms with Crippen LogP contribution in [0.4, 0.5) is 5.00 Å². The fraction of sp³-hybridized carbons (Fsp3) is 0.263. The van der Waals surface area contributed by atoms with Gasteiger partial charge in [0.05, 0.1) is 23.2 Å². The second kappa shape index (κ2) is 7.71. The van der Waals surface area contributed by atoms with Gasteiger partial charge in [-0.2, -0.15) is 0 Å². The van der Waals surface area contributed by atoms with E-state index in [1.165, 1.54) is 30.2 Å². The van der Waals surface area contributed by atoms with E-state index in [4.69, 9.17) is 0 Å². The molecule has 2 heterocycles. The molecule has 1 aliphatic rings. The average Bonchev–Trinajstić information content (AvgIpc) is 3.23. The number of nitrogens with one attached hydrogen (secondary N) is 1. The lowest BCUT2D eigenvalue weighted by Gasteiger charge is -2.12. The van der Waals surface area contributed by atoms with E-state index >= 15 is 0 Å². The van der Waals surface area contributed by atoms with E-state index in [2.05, 4.69) is 10.1 Å². The molecule has 1 aromatic heterocycles. The summed E-state index contributed by atoms with van der Waals surface area (Å²) in [6.07, 6.45) is 1.61. The van der Waals surface area contributed by atoms with Crippen molar-refractivity contribution in [3.8, 4) is 0 Å². The van der Waals surface area contributed by atoms with Gasteiger partial charge < -0.3 is 10.1 Å². The van der Waals surface area contributed by atoms with E-state index in [9.17, 15) is 19.2 Å². The van der Waals surface area contributed by atoms with Gasteiger partial charge in [-0.3, -0.25) is 19.3 Å². The highest BCUT2D eigenvalue weighted by Crippen LogP contribution is 2.26. The molecule has 0 saturated carbocycles. The van der Waals surface area contributed by atoms with Crippen LogP contribution in [0.5, 0.6) is 0 Å². The molecule has 1 N–H and O–H groups in total. The SMILES string of the molecule is CCCCN1C(=O)c2ccc(C(=O)Nc3ccc(C(=O)OC)s3)cc2C1=O. The third-order valence-electron chi connectivity index (χ3n) is 4.20. The molecule has 8 heteroatoms. The van der Waals surface area contributed by atoms with Gasteiger partial charge in [-0.1, -0.05) is 13.3 Å². The number of methoxy groups -OCH3 is 1. The van der Waals surface area contributed by atoms with E-state index < -0.39 is 11.9 Å². The maximum Gasteiger partial charge on any atom is 0.348 e. The van der Waals surface area contributed by atoms with Crippen LogP contribution in [0.1, 0.15) is 60.5 Å². The third-order valence-corrected chi connectivity index (χ3v) is 5.18. The summed E-state index contributed by atoms with van der Waals surface area (Å²) in [7, 11) is 1.28. The monoisotopic (exact) mass is 386 g/mol. The predicted octanol–water partition coefficient (Wildman–Crippen LogP) is 3.18. The van der Waals surface area contributed by atoms with Crippen LogP contribution < -0.4 is 5.32 Å². The molecule has 3 rings (SSSR count). The number of carbonyl (C=O) groups excluding carboxylic acids is 4. The van der Waals surface area contributed by atoms with Crippen molar-refractivity contribution >= 4 is 40.0 Å². The summed E-state index contributed by atoms with van der Waals surface area (Å²) >= 11 is 1.09. The minimum Gasteiger partial charge on any atom is -0.465 e. The van der Waals surface area contributed by atoms with Crippen LogP contribution in [0, 0.1) is 0 Å². The van der Waals surface area contributed by atoms with Crippen LogP contribution in [0.3, 0.4) is 0 Å². The molecule has 27 heavy (non-hydrogen) atoms. The first-order valence-corrected chi connectivity index (χ1v) is 9.27. The molecular weight excluding hydrogens is 368 g/mol. The van der Waals surface area contributed by atoms with Gasteiger partial charge in [0, 0.05) is 12.1 Å². The molecule has 7 nitrogen and oxygen atoms in total. The van der Waals surface area contributed by atoms with Crippen molar-refractivity contribution in [3.05, 3.63) is 51.9 Å². The highest BCUT2D eigenvalue weighted by molar-refractivity contribution is 7.18. The Bertz CT molecular complexity index is 934. The minimum atomic E-state index is -0.477. The number of ether oxygens (including phenoxy) is 1. The lowest BCUT2D eigenvalue weighted by molar-refractivity contribution is 0.0603. The Balaban J connectivity index is 1.78. The maximum atomic E-state index is 12.5. The Morgan fingerprint density at radius 2 is 1.85 bits per heavy atom. The van der Waals surface area contributed by atoms with Crippen LogP contribution >= 0.6 is 11.3 Å². The number of carbonyl (C=O) groups is 4. The first-order chi connectivity index (χ1) is 13.0. The van der Waals surface area contributed by atoms with Gasteiger partial charge in [0.15, 0.2) is 0 Å². The van der Waals surface area contributed by atoms with Crippen molar-refractivity contribution in [1.29, 1.82) is 0 Å². The van der Waals surface area contributed by atoms with E-state index in [0.717, 1.165) is 24.2 Å². The highest BCUT2D eigenvalue weighted by atomic mass is 32.1. The number of rotatable bonds is 6. The fourth-order valence-electron chi connectivity index (χ4n) is 2.75. The molecule has 3 amide bonds. The van der Waals surface area contributed by atoms with Crippen molar-refractivity contribution in [2.45, 2.75) is 19.8 Å². The zero-order valence-corrected chi connectivity index (χ0v) is 15.7. The van der Waals surface area contributed by atoms with E-state index in [0.29, 0.717) is 22.0 Å². The van der Waals surface area contributed by atoms with Gasteiger partial charge in [0.1, 0.15) is 4.88 Å². The summed E-state index contributed by atoms with van der Waals surface area (Å²) in [5.41, 5.74) is 0.821. The number of hydrogen-bond donors (Lipinski definition) is 1. The predicted molar refractivity (Wildman–Crippen MR) is 100 cm³/mol. The molecule has 1 aliphatic heterocycles. The summed E-state index contributed by atoms with van der Waals surface area (Å²) in [5, 5.41) is 3.16. The summed E-state index contributed by atoms with van der Waals surface area (Å²) in [6.45, 7) is 2.35. The summed E-state index contributed by atoms with van der Waals surface area (Å²) in [6, 6.07) is 7.61. The molecule has 0 spiro atoms. The molecule has 2 aromatic rings. The standard InChI is InChI=1S/C19H18N2O5S/c1-3-4-9-21-17(23)12-6-5-11(10-13(12)18(21)24)16(22)20-15-8-7-14(27-15)19(25)26-2/h5-8,10H,3-4,9H2,1-2H3,(H,20,22). The molecule has 0 aliphatic carbocycles. The van der Waals surface area contributed by atoms with Crippen LogP contribution in [-0.2, 0) is 4.74 Å². The number of thiophene rings is 1. The number of anilines is 1. The largest absolute Gasteiger partial charge is 0.465 e. The lowest BCUT2D eigenvalue weighted by Crippen LogP contribution is -2.30. The van der Waals surface area contributed by atoms with Crippen molar-refractivity contribution in [3.63, 3.8) is 0 Å². The van der Waals surface area contributed by atoms with Crippen molar-refractivity contribution in [2.24, 2.45) is 0 Å². The van der Waals surface area contributed by atoms with Gasteiger partial charge in [-0.25, -0.2) is 4.79 Å². The third kappa shape index (κ3) is 3.61. The second-order valence-corrected chi connectivity index (χ2v) is 7.07. The van der Waals surface area contributed by atoms with E-state index in [1.54, 1.807) is 12.1 Å². The number of nitrogens with zero attached hydrogens (tertiary/aromatic N) is 1. The number of benzene rings is 1. The molecule has 0 atom stereocenters. The second-order valence-electron chi connectivity index (χ2n) is 5.99. The normalized spacial score (nSPS) is 12.9. The quantitative estimate of drug-likeness (QED) is 0.608. The number of esters is 1. The number of imide groups is 1. The lowest BCUT2D eigenvalue weighted by atomic mass is 10.1. The summed E-state index contributed by atoms with van der Waals surface area (Å²) in [5.74, 6) is -1.60. The van der Waals surface area contributed by atoms with Crippen molar-refractivity contribution in [1.82, 2.24) is 4.90 Å². The topological polar surface area (TPSA) is 92.8 Å². The molecule has 0 unspecified atom stereocenters. The number of amides is 3. The fourth-order valence-corrected chi connectivity index (χ4v) is 3.57. The van der Waals surface area contributed by atoms with Crippen LogP contribution in [0.15, 0.2) is 30.3 Å². The molecule has 1 aromatic carbocycles. The summed E-state index contributed by atoms with van der Waals surface area (Å²) in [4.78, 5) is 50.4. The van der Waals surface area contributed by atoms with Crippen molar-refractivity contribution < 1.29 is 23.9 Å². The van der Waals surface area contributed by atoms with E-state index in [1.807, 2.05) is 6.92 Å². The van der Waals surface area contributed by atoms with Crippen molar-refractivity contribution in [2.75, 3.05) is 19.0 Å². The first kappa shape index (κ1) is 18.8. The molecule has 0 saturated heterocycles. The Labute approximate surface area is 159 Å². The zero-order valence-electron chi connectivity index (χ0n) is 14.9. The van der Waals surface area contributed by atoms with Crippen LogP contribution in [0.25, 0.3) is 0 Å². The van der Waals surface area contributed by atoms with Gasteiger partial charge in [0.2, 0.25) is 0 Å².